The smallest absolute Gasteiger partial charge is 0.161 e. The van der Waals surface area contributed by atoms with Crippen LogP contribution in [0.3, 0.4) is 0 Å². The molecule has 4 nitrogen and oxygen atoms in total. The molecule has 0 atom stereocenters. The van der Waals surface area contributed by atoms with Gasteiger partial charge in [-0.25, -0.2) is 19.9 Å². The van der Waals surface area contributed by atoms with E-state index >= 15 is 0 Å². The van der Waals surface area contributed by atoms with E-state index in [1.54, 1.807) is 6.33 Å². The van der Waals surface area contributed by atoms with Crippen LogP contribution in [0.2, 0.25) is 0 Å². The zero-order valence-electron chi connectivity index (χ0n) is 21.5. The maximum atomic E-state index is 5.15. The lowest BCUT2D eigenvalue weighted by molar-refractivity contribution is 1.17. The van der Waals surface area contributed by atoms with Gasteiger partial charge in [-0.3, -0.25) is 0 Å². The van der Waals surface area contributed by atoms with Crippen LogP contribution in [0.5, 0.6) is 0 Å². The van der Waals surface area contributed by atoms with Crippen molar-refractivity contribution in [2.24, 2.45) is 0 Å². The third-order valence-corrected chi connectivity index (χ3v) is 7.66. The minimum absolute atomic E-state index is 0.719. The zero-order chi connectivity index (χ0) is 26.5. The Morgan fingerprint density at radius 2 is 0.975 bits per heavy atom. The van der Waals surface area contributed by atoms with Gasteiger partial charge in [-0.1, -0.05) is 103 Å². The van der Waals surface area contributed by atoms with Crippen LogP contribution in [0.25, 0.3) is 78.1 Å². The number of fused-ring (bicyclic) bond motifs is 3. The standard InChI is InChI=1S/C36H22N4/c1-2-7-24(8-3-1)33-19-34(25-15-13-23(14-16-25)26-20-37-22-38-21-26)40-36(39-33)32-18-17-31-28-10-5-4-9-27(28)29-11-6-12-30(32)35(29)31/h1-22H. The molecule has 0 unspecified atom stereocenters. The largest absolute Gasteiger partial charge is 0.244 e. The van der Waals surface area contributed by atoms with E-state index in [2.05, 4.69) is 107 Å². The lowest BCUT2D eigenvalue weighted by Gasteiger charge is -2.12. The first kappa shape index (κ1) is 22.5. The summed E-state index contributed by atoms with van der Waals surface area (Å²) in [6.45, 7) is 0. The van der Waals surface area contributed by atoms with Crippen molar-refractivity contribution in [3.63, 3.8) is 0 Å². The Labute approximate surface area is 231 Å². The predicted octanol–water partition coefficient (Wildman–Crippen LogP) is 8.74. The summed E-state index contributed by atoms with van der Waals surface area (Å²) in [4.78, 5) is 18.6. The summed E-state index contributed by atoms with van der Waals surface area (Å²) >= 11 is 0. The molecule has 0 saturated carbocycles. The molecule has 4 heteroatoms. The molecule has 2 heterocycles. The van der Waals surface area contributed by atoms with Crippen molar-refractivity contribution in [3.05, 3.63) is 134 Å². The number of hydrogen-bond donors (Lipinski definition) is 0. The molecular formula is C36H22N4. The molecule has 0 saturated heterocycles. The van der Waals surface area contributed by atoms with Crippen molar-refractivity contribution in [3.8, 4) is 67.3 Å². The van der Waals surface area contributed by atoms with E-state index in [4.69, 9.17) is 9.97 Å². The minimum Gasteiger partial charge on any atom is -0.244 e. The van der Waals surface area contributed by atoms with Gasteiger partial charge in [-0.15, -0.1) is 0 Å². The molecule has 7 aromatic rings. The molecule has 0 aliphatic heterocycles. The summed E-state index contributed by atoms with van der Waals surface area (Å²) in [6, 6.07) is 40.4. The lowest BCUT2D eigenvalue weighted by Crippen LogP contribution is -1.97. The van der Waals surface area contributed by atoms with Crippen LogP contribution in [-0.4, -0.2) is 19.9 Å². The average molecular weight is 511 g/mol. The van der Waals surface area contributed by atoms with Gasteiger partial charge in [0.05, 0.1) is 11.4 Å². The SMILES string of the molecule is c1ccc(-c2cc(-c3ccc(-c4cncnc4)cc3)nc(-c3ccc4c5c(cccc35)-c3ccccc3-4)n2)cc1. The Morgan fingerprint density at radius 3 is 1.70 bits per heavy atom. The molecule has 2 aromatic heterocycles. The normalized spacial score (nSPS) is 11.5. The molecule has 0 bridgehead atoms. The molecule has 0 spiro atoms. The van der Waals surface area contributed by atoms with E-state index in [1.807, 2.05) is 30.6 Å². The van der Waals surface area contributed by atoms with E-state index in [9.17, 15) is 0 Å². The van der Waals surface area contributed by atoms with Crippen LogP contribution in [-0.2, 0) is 0 Å². The fourth-order valence-corrected chi connectivity index (χ4v) is 5.76. The third-order valence-electron chi connectivity index (χ3n) is 7.66. The summed E-state index contributed by atoms with van der Waals surface area (Å²) in [7, 11) is 0. The Hall–Kier alpha value is -5.48. The lowest BCUT2D eigenvalue weighted by atomic mass is 9.97. The maximum Gasteiger partial charge on any atom is 0.161 e. The first-order valence-corrected chi connectivity index (χ1v) is 13.3. The second-order valence-electron chi connectivity index (χ2n) is 9.97. The quantitative estimate of drug-likeness (QED) is 0.237. The van der Waals surface area contributed by atoms with Crippen molar-refractivity contribution < 1.29 is 0 Å². The van der Waals surface area contributed by atoms with Gasteiger partial charge >= 0.3 is 0 Å². The number of rotatable bonds is 4. The Kier molecular flexibility index (Phi) is 5.10. The van der Waals surface area contributed by atoms with Crippen LogP contribution in [0.1, 0.15) is 0 Å². The van der Waals surface area contributed by atoms with E-state index in [0.717, 1.165) is 45.0 Å². The summed E-state index contributed by atoms with van der Waals surface area (Å²) in [5, 5.41) is 2.44. The highest BCUT2D eigenvalue weighted by molar-refractivity contribution is 6.18. The average Bonchev–Trinajstić information content (AvgIpc) is 3.37. The van der Waals surface area contributed by atoms with Crippen LogP contribution in [0.4, 0.5) is 0 Å². The van der Waals surface area contributed by atoms with Gasteiger partial charge in [0.2, 0.25) is 0 Å². The fourth-order valence-electron chi connectivity index (χ4n) is 5.76. The molecular weight excluding hydrogens is 488 g/mol. The second kappa shape index (κ2) is 9.07. The molecule has 0 radical (unpaired) electrons. The van der Waals surface area contributed by atoms with E-state index < -0.39 is 0 Å². The highest BCUT2D eigenvalue weighted by Crippen LogP contribution is 2.49. The molecule has 186 valence electrons. The topological polar surface area (TPSA) is 51.6 Å². The number of hydrogen-bond acceptors (Lipinski definition) is 4. The molecule has 0 fully saturated rings. The van der Waals surface area contributed by atoms with Gasteiger partial charge in [-0.05, 0) is 50.7 Å². The van der Waals surface area contributed by atoms with Crippen molar-refractivity contribution >= 4 is 10.8 Å². The van der Waals surface area contributed by atoms with Gasteiger partial charge in [0.25, 0.3) is 0 Å². The van der Waals surface area contributed by atoms with Gasteiger partial charge < -0.3 is 0 Å². The first-order valence-electron chi connectivity index (χ1n) is 13.3. The molecule has 1 aliphatic rings. The van der Waals surface area contributed by atoms with Gasteiger partial charge in [0.15, 0.2) is 5.82 Å². The summed E-state index contributed by atoms with van der Waals surface area (Å²) in [5.41, 5.74) is 12.0. The Morgan fingerprint density at radius 1 is 0.400 bits per heavy atom. The van der Waals surface area contributed by atoms with E-state index in [-0.39, 0.29) is 0 Å². The summed E-state index contributed by atoms with van der Waals surface area (Å²) in [6.07, 6.45) is 5.20. The van der Waals surface area contributed by atoms with Crippen LogP contribution in [0, 0.1) is 0 Å². The van der Waals surface area contributed by atoms with Crippen molar-refractivity contribution in [2.75, 3.05) is 0 Å². The van der Waals surface area contributed by atoms with E-state index in [0.29, 0.717) is 0 Å². The fraction of sp³-hybridized carbons (Fsp3) is 0. The maximum absolute atomic E-state index is 5.15. The predicted molar refractivity (Wildman–Crippen MR) is 161 cm³/mol. The summed E-state index contributed by atoms with van der Waals surface area (Å²) in [5.74, 6) is 0.719. The zero-order valence-corrected chi connectivity index (χ0v) is 21.5. The Bertz CT molecular complexity index is 2000. The minimum atomic E-state index is 0.719. The molecule has 8 rings (SSSR count). The molecule has 0 N–H and O–H groups in total. The van der Waals surface area contributed by atoms with Crippen LogP contribution in [0.15, 0.2) is 134 Å². The summed E-state index contributed by atoms with van der Waals surface area (Å²) < 4.78 is 0. The highest BCUT2D eigenvalue weighted by Gasteiger charge is 2.23. The number of benzene rings is 5. The molecule has 5 aromatic carbocycles. The Balaban J connectivity index is 1.32. The van der Waals surface area contributed by atoms with Gasteiger partial charge in [0, 0.05) is 34.6 Å². The first-order chi connectivity index (χ1) is 19.8. The molecule has 40 heavy (non-hydrogen) atoms. The molecule has 1 aliphatic carbocycles. The van der Waals surface area contributed by atoms with Crippen molar-refractivity contribution in [1.82, 2.24) is 19.9 Å². The number of nitrogens with zero attached hydrogens (tertiary/aromatic N) is 4. The molecule has 0 amide bonds. The highest BCUT2D eigenvalue weighted by atomic mass is 14.9. The van der Waals surface area contributed by atoms with Crippen molar-refractivity contribution in [1.29, 1.82) is 0 Å². The van der Waals surface area contributed by atoms with Gasteiger partial charge in [0.1, 0.15) is 6.33 Å². The van der Waals surface area contributed by atoms with E-state index in [1.165, 1.54) is 33.0 Å². The third kappa shape index (κ3) is 3.62. The van der Waals surface area contributed by atoms with Crippen LogP contribution < -0.4 is 0 Å². The second-order valence-corrected chi connectivity index (χ2v) is 9.97. The van der Waals surface area contributed by atoms with Crippen LogP contribution >= 0.6 is 0 Å². The van der Waals surface area contributed by atoms with Crippen molar-refractivity contribution in [2.45, 2.75) is 0 Å². The van der Waals surface area contributed by atoms with Gasteiger partial charge in [-0.2, -0.15) is 0 Å². The monoisotopic (exact) mass is 510 g/mol. The number of aromatic nitrogens is 4.